The van der Waals surface area contributed by atoms with Crippen LogP contribution in [0.4, 0.5) is 13.2 Å². The molecule has 5 heteroatoms. The Morgan fingerprint density at radius 3 is 2.61 bits per heavy atom. The van der Waals surface area contributed by atoms with E-state index in [9.17, 15) is 13.2 Å². The molecule has 18 heavy (non-hydrogen) atoms. The van der Waals surface area contributed by atoms with Crippen LogP contribution in [0.2, 0.25) is 0 Å². The number of alkyl halides is 3. The van der Waals surface area contributed by atoms with E-state index in [0.717, 1.165) is 5.56 Å². The molecular weight excluding hydrogens is 245 g/mol. The van der Waals surface area contributed by atoms with E-state index in [4.69, 9.17) is 9.15 Å². The van der Waals surface area contributed by atoms with Crippen LogP contribution < -0.4 is 4.74 Å². The summed E-state index contributed by atoms with van der Waals surface area (Å²) in [5.41, 5.74) is 1.33. The van der Waals surface area contributed by atoms with Crippen LogP contribution in [0.3, 0.4) is 0 Å². The molecule has 0 N–H and O–H groups in total. The maximum atomic E-state index is 12.2. The van der Waals surface area contributed by atoms with Gasteiger partial charge in [0.2, 0.25) is 0 Å². The topological polar surface area (TPSA) is 22.4 Å². The van der Waals surface area contributed by atoms with E-state index in [1.54, 1.807) is 37.3 Å². The highest BCUT2D eigenvalue weighted by Gasteiger charge is 2.29. The summed E-state index contributed by atoms with van der Waals surface area (Å²) in [6.45, 7) is 0.469. The average molecular weight is 256 g/mol. The van der Waals surface area contributed by atoms with Crippen molar-refractivity contribution in [1.82, 2.24) is 0 Å². The molecule has 0 radical (unpaired) electrons. The molecule has 2 nitrogen and oxygen atoms in total. The molecule has 0 aliphatic rings. The molecule has 0 spiro atoms. The number of aryl methyl sites for hydroxylation is 1. The van der Waals surface area contributed by atoms with Gasteiger partial charge in [0.05, 0.1) is 11.8 Å². The lowest BCUT2D eigenvalue weighted by molar-refractivity contribution is -0.153. The third kappa shape index (κ3) is 3.06. The summed E-state index contributed by atoms with van der Waals surface area (Å²) >= 11 is 0. The van der Waals surface area contributed by atoms with E-state index in [0.29, 0.717) is 11.3 Å². The minimum atomic E-state index is -4.36. The Morgan fingerprint density at radius 2 is 2.00 bits per heavy atom. The molecule has 0 fully saturated rings. The monoisotopic (exact) mass is 256 g/mol. The number of ether oxygens (including phenoxy) is 1. The summed E-state index contributed by atoms with van der Waals surface area (Å²) in [6.07, 6.45) is -2.90. The van der Waals surface area contributed by atoms with Crippen molar-refractivity contribution in [3.63, 3.8) is 0 Å². The van der Waals surface area contributed by atoms with E-state index in [1.165, 1.54) is 6.26 Å². The van der Waals surface area contributed by atoms with Gasteiger partial charge < -0.3 is 9.15 Å². The molecule has 0 bridgehead atoms. The van der Waals surface area contributed by atoms with Crippen LogP contribution in [-0.2, 0) is 0 Å². The molecule has 0 atom stereocenters. The third-order valence-electron chi connectivity index (χ3n) is 2.32. The van der Waals surface area contributed by atoms with Crippen LogP contribution in [0.1, 0.15) is 5.56 Å². The first kappa shape index (κ1) is 12.5. The van der Waals surface area contributed by atoms with Crippen molar-refractivity contribution in [2.75, 3.05) is 6.61 Å². The summed E-state index contributed by atoms with van der Waals surface area (Å²) in [7, 11) is 0. The summed E-state index contributed by atoms with van der Waals surface area (Å²) in [4.78, 5) is 0. The minimum absolute atomic E-state index is 0.169. The van der Waals surface area contributed by atoms with Gasteiger partial charge in [0.25, 0.3) is 0 Å². The maximum absolute atomic E-state index is 12.2. The van der Waals surface area contributed by atoms with Crippen LogP contribution in [0, 0.1) is 6.92 Å². The van der Waals surface area contributed by atoms with Gasteiger partial charge in [-0.2, -0.15) is 13.2 Å². The third-order valence-corrected chi connectivity index (χ3v) is 2.32. The Bertz CT molecular complexity index is 516. The predicted molar refractivity (Wildman–Crippen MR) is 60.4 cm³/mol. The number of furan rings is 1. The predicted octanol–water partition coefficient (Wildman–Crippen LogP) is 4.20. The van der Waals surface area contributed by atoms with Crippen LogP contribution in [0.25, 0.3) is 11.3 Å². The Labute approximate surface area is 102 Å². The first-order valence-corrected chi connectivity index (χ1v) is 5.30. The van der Waals surface area contributed by atoms with Gasteiger partial charge in [0, 0.05) is 0 Å². The number of hydrogen-bond donors (Lipinski definition) is 0. The number of rotatable bonds is 3. The molecule has 2 rings (SSSR count). The lowest BCUT2D eigenvalue weighted by Crippen LogP contribution is -2.19. The highest BCUT2D eigenvalue weighted by Crippen LogP contribution is 2.32. The number of halogens is 3. The van der Waals surface area contributed by atoms with Crippen LogP contribution >= 0.6 is 0 Å². The zero-order valence-corrected chi connectivity index (χ0v) is 9.62. The molecule has 0 aliphatic heterocycles. The highest BCUT2D eigenvalue weighted by atomic mass is 19.4. The first-order chi connectivity index (χ1) is 8.46. The van der Waals surface area contributed by atoms with Crippen LogP contribution in [0.5, 0.6) is 5.75 Å². The molecule has 96 valence electrons. The largest absolute Gasteiger partial charge is 0.483 e. The fourth-order valence-electron chi connectivity index (χ4n) is 1.54. The van der Waals surface area contributed by atoms with E-state index in [-0.39, 0.29) is 5.75 Å². The lowest BCUT2D eigenvalue weighted by Gasteiger charge is -2.12. The molecule has 0 saturated carbocycles. The van der Waals surface area contributed by atoms with Gasteiger partial charge in [-0.3, -0.25) is 0 Å². The Kier molecular flexibility index (Phi) is 3.32. The quantitative estimate of drug-likeness (QED) is 0.821. The van der Waals surface area contributed by atoms with Gasteiger partial charge in [0.15, 0.2) is 6.61 Å². The molecule has 0 saturated heterocycles. The van der Waals surface area contributed by atoms with Gasteiger partial charge in [-0.25, -0.2) is 0 Å². The highest BCUT2D eigenvalue weighted by molar-refractivity contribution is 5.66. The molecule has 1 aromatic carbocycles. The Morgan fingerprint density at radius 1 is 1.22 bits per heavy atom. The van der Waals surface area contributed by atoms with Crippen molar-refractivity contribution < 1.29 is 22.3 Å². The van der Waals surface area contributed by atoms with Gasteiger partial charge >= 0.3 is 6.18 Å². The van der Waals surface area contributed by atoms with E-state index < -0.39 is 12.8 Å². The van der Waals surface area contributed by atoms with Gasteiger partial charge in [-0.15, -0.1) is 0 Å². The van der Waals surface area contributed by atoms with Crippen molar-refractivity contribution in [3.8, 4) is 17.1 Å². The zero-order chi connectivity index (χ0) is 13.2. The average Bonchev–Trinajstić information content (AvgIpc) is 2.79. The molecule has 1 heterocycles. The summed E-state index contributed by atoms with van der Waals surface area (Å²) in [5, 5.41) is 0. The van der Waals surface area contributed by atoms with Gasteiger partial charge in [-0.05, 0) is 36.8 Å². The molecular formula is C13H11F3O2. The second-order valence-electron chi connectivity index (χ2n) is 3.88. The zero-order valence-electron chi connectivity index (χ0n) is 9.62. The standard InChI is InChI=1S/C13H11F3O2/c1-9-4-5-10(11-3-2-6-17-11)12(7-9)18-8-13(14,15)16/h2-7H,8H2,1H3. The van der Waals surface area contributed by atoms with E-state index in [2.05, 4.69) is 0 Å². The van der Waals surface area contributed by atoms with Crippen LogP contribution in [0.15, 0.2) is 41.0 Å². The normalized spacial score (nSPS) is 11.6. The number of hydrogen-bond acceptors (Lipinski definition) is 2. The van der Waals surface area contributed by atoms with Crippen molar-refractivity contribution in [2.45, 2.75) is 13.1 Å². The Hall–Kier alpha value is -1.91. The maximum Gasteiger partial charge on any atom is 0.422 e. The number of benzene rings is 1. The molecule has 2 aromatic rings. The first-order valence-electron chi connectivity index (χ1n) is 5.30. The molecule has 0 unspecified atom stereocenters. The van der Waals surface area contributed by atoms with Gasteiger partial charge in [0.1, 0.15) is 11.5 Å². The fraction of sp³-hybridized carbons (Fsp3) is 0.231. The van der Waals surface area contributed by atoms with Crippen molar-refractivity contribution in [3.05, 3.63) is 42.2 Å². The van der Waals surface area contributed by atoms with Crippen molar-refractivity contribution in [2.24, 2.45) is 0 Å². The molecule has 1 aromatic heterocycles. The molecule has 0 aliphatic carbocycles. The van der Waals surface area contributed by atoms with Gasteiger partial charge in [-0.1, -0.05) is 6.07 Å². The second-order valence-corrected chi connectivity index (χ2v) is 3.88. The SMILES string of the molecule is Cc1ccc(-c2ccco2)c(OCC(F)(F)F)c1. The summed E-state index contributed by atoms with van der Waals surface area (Å²) in [5.74, 6) is 0.648. The summed E-state index contributed by atoms with van der Waals surface area (Å²) in [6, 6.07) is 8.37. The van der Waals surface area contributed by atoms with Crippen molar-refractivity contribution >= 4 is 0 Å². The van der Waals surface area contributed by atoms with E-state index in [1.807, 2.05) is 0 Å². The van der Waals surface area contributed by atoms with Crippen molar-refractivity contribution in [1.29, 1.82) is 0 Å². The fourth-order valence-corrected chi connectivity index (χ4v) is 1.54. The molecule has 0 amide bonds. The summed E-state index contributed by atoms with van der Waals surface area (Å²) < 4.78 is 46.5. The lowest BCUT2D eigenvalue weighted by atomic mass is 10.1. The smallest absolute Gasteiger partial charge is 0.422 e. The second kappa shape index (κ2) is 4.76. The Balaban J connectivity index is 2.30. The van der Waals surface area contributed by atoms with Crippen LogP contribution in [-0.4, -0.2) is 12.8 Å². The minimum Gasteiger partial charge on any atom is -0.483 e. The van der Waals surface area contributed by atoms with E-state index >= 15 is 0 Å².